The van der Waals surface area contributed by atoms with Crippen LogP contribution in [-0.2, 0) is 4.74 Å². The van der Waals surface area contributed by atoms with Gasteiger partial charge in [-0.15, -0.1) is 0 Å². The number of anilines is 1. The molecule has 33 heavy (non-hydrogen) atoms. The zero-order valence-electron chi connectivity index (χ0n) is 17.5. The molecule has 0 unspecified atom stereocenters. The lowest BCUT2D eigenvalue weighted by Crippen LogP contribution is -2.17. The van der Waals surface area contributed by atoms with Crippen LogP contribution in [0.5, 0.6) is 5.75 Å². The van der Waals surface area contributed by atoms with Crippen LogP contribution in [0.15, 0.2) is 47.5 Å². The molecule has 9 heteroatoms. The van der Waals surface area contributed by atoms with Crippen LogP contribution in [0.2, 0.25) is 0 Å². The third-order valence-electron chi connectivity index (χ3n) is 6.16. The van der Waals surface area contributed by atoms with Crippen LogP contribution in [0.4, 0.5) is 10.1 Å². The highest BCUT2D eigenvalue weighted by Gasteiger charge is 2.22. The molecule has 1 fully saturated rings. The summed E-state index contributed by atoms with van der Waals surface area (Å²) in [7, 11) is 0. The second-order valence-corrected chi connectivity index (χ2v) is 8.14. The molecule has 1 aliphatic heterocycles. The van der Waals surface area contributed by atoms with Gasteiger partial charge in [-0.25, -0.2) is 4.39 Å². The number of nitrogen functional groups attached to an aromatic ring is 1. The van der Waals surface area contributed by atoms with Gasteiger partial charge in [-0.2, -0.15) is 5.10 Å². The molecule has 5 aromatic rings. The summed E-state index contributed by atoms with van der Waals surface area (Å²) in [6.07, 6.45) is 5.19. The minimum atomic E-state index is -0.436. The Bertz CT molecular complexity index is 1590. The van der Waals surface area contributed by atoms with Crippen LogP contribution in [0.3, 0.4) is 0 Å². The highest BCUT2D eigenvalue weighted by atomic mass is 19.1. The molecule has 4 heterocycles. The Kier molecular flexibility index (Phi) is 4.51. The van der Waals surface area contributed by atoms with E-state index < -0.39 is 11.4 Å². The van der Waals surface area contributed by atoms with Crippen molar-refractivity contribution in [1.29, 1.82) is 0 Å². The average Bonchev–Trinajstić information content (AvgIpc) is 3.53. The Hall–Kier alpha value is -3.98. The molecule has 0 amide bonds. The highest BCUT2D eigenvalue weighted by Crippen LogP contribution is 2.40. The van der Waals surface area contributed by atoms with E-state index in [0.29, 0.717) is 45.3 Å². The SMILES string of the molecule is Nc1c(-c2ccc(F)c3[nH]ncc23)c2cc(OC[C@H]3CCCO3)c3ncccc3c2[nH]c1=O. The highest BCUT2D eigenvalue weighted by molar-refractivity contribution is 6.15. The molecule has 4 N–H and O–H groups in total. The van der Waals surface area contributed by atoms with Crippen molar-refractivity contribution >= 4 is 38.4 Å². The van der Waals surface area contributed by atoms with Crippen LogP contribution in [0.1, 0.15) is 12.8 Å². The van der Waals surface area contributed by atoms with E-state index in [1.807, 2.05) is 12.1 Å². The standard InChI is InChI=1S/C24H20FN5O3/c25-17-6-5-13(16-10-28-30-22(16)17)19-15-9-18(33-11-12-3-2-8-32-12)23-14(4-1-7-27-23)21(15)29-24(31)20(19)26/h1,4-7,9-10,12H,2-3,8,11,26H2,(H,28,30)(H,29,31)/t12-/m1/s1. The largest absolute Gasteiger partial charge is 0.489 e. The number of nitrogens with one attached hydrogen (secondary N) is 2. The molecule has 0 aliphatic carbocycles. The monoisotopic (exact) mass is 445 g/mol. The summed E-state index contributed by atoms with van der Waals surface area (Å²) in [5.41, 5.74) is 8.45. The van der Waals surface area contributed by atoms with Gasteiger partial charge in [0, 0.05) is 34.5 Å². The quantitative estimate of drug-likeness (QED) is 0.361. The molecule has 2 aromatic carbocycles. The van der Waals surface area contributed by atoms with Crippen molar-refractivity contribution in [3.63, 3.8) is 0 Å². The maximum atomic E-state index is 14.3. The number of aromatic nitrogens is 4. The Morgan fingerprint density at radius 2 is 2.12 bits per heavy atom. The number of benzene rings is 2. The van der Waals surface area contributed by atoms with Crippen molar-refractivity contribution in [2.24, 2.45) is 0 Å². The first-order chi connectivity index (χ1) is 16.1. The van der Waals surface area contributed by atoms with Gasteiger partial charge < -0.3 is 20.2 Å². The number of hydrogen-bond acceptors (Lipinski definition) is 6. The predicted molar refractivity (Wildman–Crippen MR) is 124 cm³/mol. The van der Waals surface area contributed by atoms with Gasteiger partial charge in [-0.05, 0) is 42.7 Å². The topological polar surface area (TPSA) is 119 Å². The molecule has 0 saturated carbocycles. The molecule has 0 bridgehead atoms. The fraction of sp³-hybridized carbons (Fsp3) is 0.208. The van der Waals surface area contributed by atoms with Gasteiger partial charge in [0.1, 0.15) is 34.9 Å². The van der Waals surface area contributed by atoms with E-state index in [1.54, 1.807) is 18.3 Å². The molecular weight excluding hydrogens is 425 g/mol. The predicted octanol–water partition coefficient (Wildman–Crippen LogP) is 3.90. The summed E-state index contributed by atoms with van der Waals surface area (Å²) < 4.78 is 26.2. The number of nitrogens with two attached hydrogens (primary N) is 1. The first-order valence-corrected chi connectivity index (χ1v) is 10.7. The zero-order chi connectivity index (χ0) is 22.5. The minimum Gasteiger partial charge on any atom is -0.489 e. The van der Waals surface area contributed by atoms with Gasteiger partial charge in [0.25, 0.3) is 5.56 Å². The molecule has 166 valence electrons. The molecule has 1 atom stereocenters. The Balaban J connectivity index is 1.65. The summed E-state index contributed by atoms with van der Waals surface area (Å²) in [4.78, 5) is 20.2. The van der Waals surface area contributed by atoms with Crippen molar-refractivity contribution in [3.8, 4) is 16.9 Å². The second-order valence-electron chi connectivity index (χ2n) is 8.14. The molecule has 1 saturated heterocycles. The molecule has 8 nitrogen and oxygen atoms in total. The molecule has 0 radical (unpaired) electrons. The lowest BCUT2D eigenvalue weighted by Gasteiger charge is -2.17. The maximum absolute atomic E-state index is 14.3. The van der Waals surface area contributed by atoms with Gasteiger partial charge in [0.15, 0.2) is 0 Å². The number of ether oxygens (including phenoxy) is 2. The van der Waals surface area contributed by atoms with E-state index in [0.717, 1.165) is 24.8 Å². The number of fused-ring (bicyclic) bond motifs is 4. The van der Waals surface area contributed by atoms with E-state index in [4.69, 9.17) is 15.2 Å². The van der Waals surface area contributed by atoms with E-state index in [2.05, 4.69) is 20.2 Å². The summed E-state index contributed by atoms with van der Waals surface area (Å²) in [6.45, 7) is 1.13. The van der Waals surface area contributed by atoms with E-state index >= 15 is 0 Å². The Morgan fingerprint density at radius 3 is 2.97 bits per heavy atom. The smallest absolute Gasteiger partial charge is 0.272 e. The van der Waals surface area contributed by atoms with E-state index in [-0.39, 0.29) is 17.3 Å². The van der Waals surface area contributed by atoms with Crippen LogP contribution in [-0.4, -0.2) is 39.5 Å². The normalized spacial score (nSPS) is 16.2. The van der Waals surface area contributed by atoms with Crippen molar-refractivity contribution in [2.45, 2.75) is 18.9 Å². The lowest BCUT2D eigenvalue weighted by atomic mass is 9.95. The van der Waals surface area contributed by atoms with Gasteiger partial charge in [-0.1, -0.05) is 6.07 Å². The number of pyridine rings is 2. The zero-order valence-corrected chi connectivity index (χ0v) is 17.5. The van der Waals surface area contributed by atoms with Crippen LogP contribution < -0.4 is 16.0 Å². The minimum absolute atomic E-state index is 0.0298. The first-order valence-electron chi connectivity index (χ1n) is 10.7. The van der Waals surface area contributed by atoms with Gasteiger partial charge in [0.2, 0.25) is 0 Å². The first kappa shape index (κ1) is 19.7. The number of halogens is 1. The number of aromatic amines is 2. The van der Waals surface area contributed by atoms with Gasteiger partial charge in [0.05, 0.1) is 17.8 Å². The van der Waals surface area contributed by atoms with Crippen LogP contribution in [0, 0.1) is 5.82 Å². The third-order valence-corrected chi connectivity index (χ3v) is 6.16. The summed E-state index contributed by atoms with van der Waals surface area (Å²) in [5.74, 6) is 0.126. The summed E-state index contributed by atoms with van der Waals surface area (Å²) >= 11 is 0. The molecular formula is C24H20FN5O3. The van der Waals surface area contributed by atoms with Crippen LogP contribution >= 0.6 is 0 Å². The van der Waals surface area contributed by atoms with E-state index in [9.17, 15) is 9.18 Å². The second kappa shape index (κ2) is 7.56. The van der Waals surface area contributed by atoms with E-state index in [1.165, 1.54) is 12.3 Å². The molecule has 6 rings (SSSR count). The molecule has 1 aliphatic rings. The van der Waals surface area contributed by atoms with Crippen molar-refractivity contribution < 1.29 is 13.9 Å². The number of nitrogens with zero attached hydrogens (tertiary/aromatic N) is 2. The Labute approximate surface area is 186 Å². The van der Waals surface area contributed by atoms with Gasteiger partial charge in [-0.3, -0.25) is 14.9 Å². The van der Waals surface area contributed by atoms with Crippen molar-refractivity contribution in [3.05, 3.63) is 58.9 Å². The number of H-pyrrole nitrogens is 2. The average molecular weight is 445 g/mol. The van der Waals surface area contributed by atoms with Crippen molar-refractivity contribution in [2.75, 3.05) is 18.9 Å². The summed E-state index contributed by atoms with van der Waals surface area (Å²) in [5, 5.41) is 8.58. The van der Waals surface area contributed by atoms with Gasteiger partial charge >= 0.3 is 0 Å². The Morgan fingerprint density at radius 1 is 1.21 bits per heavy atom. The number of rotatable bonds is 4. The number of hydrogen-bond donors (Lipinski definition) is 3. The fourth-order valence-electron chi connectivity index (χ4n) is 4.57. The fourth-order valence-corrected chi connectivity index (χ4v) is 4.57. The molecule has 3 aromatic heterocycles. The van der Waals surface area contributed by atoms with Crippen LogP contribution in [0.25, 0.3) is 43.8 Å². The third kappa shape index (κ3) is 3.12. The lowest BCUT2D eigenvalue weighted by molar-refractivity contribution is 0.0684. The molecule has 0 spiro atoms. The maximum Gasteiger partial charge on any atom is 0.272 e. The summed E-state index contributed by atoms with van der Waals surface area (Å²) in [6, 6.07) is 8.44. The van der Waals surface area contributed by atoms with Crippen molar-refractivity contribution in [1.82, 2.24) is 20.2 Å².